The second kappa shape index (κ2) is 7.43. The molecule has 0 amide bonds. The molecule has 1 N–H and O–H groups in total. The highest BCUT2D eigenvalue weighted by Gasteiger charge is 2.35. The van der Waals surface area contributed by atoms with Crippen molar-refractivity contribution in [2.75, 3.05) is 39.9 Å². The highest BCUT2D eigenvalue weighted by molar-refractivity contribution is 4.91. The highest BCUT2D eigenvalue weighted by atomic mass is 16.5. The van der Waals surface area contributed by atoms with Crippen LogP contribution < -0.4 is 5.32 Å². The van der Waals surface area contributed by atoms with Gasteiger partial charge in [-0.1, -0.05) is 19.3 Å². The Morgan fingerprint density at radius 1 is 1.05 bits per heavy atom. The van der Waals surface area contributed by atoms with Crippen LogP contribution in [0.25, 0.3) is 0 Å². The number of rotatable bonds is 7. The molecule has 122 valence electrons. The van der Waals surface area contributed by atoms with E-state index >= 15 is 0 Å². The molecule has 21 heavy (non-hydrogen) atoms. The zero-order chi connectivity index (χ0) is 14.5. The molecule has 2 aliphatic carbocycles. The lowest BCUT2D eigenvalue weighted by molar-refractivity contribution is 0.0445. The quantitative estimate of drug-likeness (QED) is 0.781. The normalized spacial score (nSPS) is 27.1. The summed E-state index contributed by atoms with van der Waals surface area (Å²) in [4.78, 5) is 2.63. The molecule has 3 fully saturated rings. The van der Waals surface area contributed by atoms with Gasteiger partial charge in [-0.05, 0) is 56.9 Å². The van der Waals surface area contributed by atoms with Crippen molar-refractivity contribution in [3.05, 3.63) is 0 Å². The summed E-state index contributed by atoms with van der Waals surface area (Å²) in [5.41, 5.74) is 0.556. The van der Waals surface area contributed by atoms with Gasteiger partial charge in [0.15, 0.2) is 0 Å². The van der Waals surface area contributed by atoms with E-state index in [4.69, 9.17) is 4.74 Å². The predicted octanol–water partition coefficient (Wildman–Crippen LogP) is 3.05. The molecule has 3 nitrogen and oxygen atoms in total. The van der Waals surface area contributed by atoms with Crippen molar-refractivity contribution in [1.29, 1.82) is 0 Å². The van der Waals surface area contributed by atoms with Gasteiger partial charge in [0, 0.05) is 38.9 Å². The lowest BCUT2D eigenvalue weighted by Gasteiger charge is -2.41. The molecule has 3 rings (SSSR count). The van der Waals surface area contributed by atoms with Crippen molar-refractivity contribution in [3.8, 4) is 0 Å². The van der Waals surface area contributed by atoms with E-state index in [1.54, 1.807) is 0 Å². The number of hydrogen-bond acceptors (Lipinski definition) is 3. The van der Waals surface area contributed by atoms with E-state index < -0.39 is 0 Å². The average molecular weight is 294 g/mol. The number of nitrogens with zero attached hydrogens (tertiary/aromatic N) is 1. The van der Waals surface area contributed by atoms with Gasteiger partial charge >= 0.3 is 0 Å². The van der Waals surface area contributed by atoms with Crippen LogP contribution in [0.15, 0.2) is 0 Å². The molecular formula is C18H34N2O. The molecule has 3 aliphatic rings. The van der Waals surface area contributed by atoms with Crippen molar-refractivity contribution in [3.63, 3.8) is 0 Å². The van der Waals surface area contributed by atoms with E-state index in [-0.39, 0.29) is 0 Å². The summed E-state index contributed by atoms with van der Waals surface area (Å²) in [6.07, 6.45) is 12.6. The van der Waals surface area contributed by atoms with E-state index in [1.165, 1.54) is 77.4 Å². The lowest BCUT2D eigenvalue weighted by Crippen LogP contribution is -2.46. The van der Waals surface area contributed by atoms with E-state index in [9.17, 15) is 0 Å². The first-order valence-corrected chi connectivity index (χ1v) is 9.25. The molecule has 0 spiro atoms. The predicted molar refractivity (Wildman–Crippen MR) is 87.6 cm³/mol. The van der Waals surface area contributed by atoms with Crippen LogP contribution in [-0.4, -0.2) is 50.8 Å². The summed E-state index contributed by atoms with van der Waals surface area (Å²) in [5.74, 6) is 0.862. The Kier molecular flexibility index (Phi) is 5.58. The number of hydrogen-bond donors (Lipinski definition) is 1. The van der Waals surface area contributed by atoms with Crippen LogP contribution in [0.5, 0.6) is 0 Å². The van der Waals surface area contributed by atoms with Crippen LogP contribution >= 0.6 is 0 Å². The maximum absolute atomic E-state index is 5.49. The maximum atomic E-state index is 5.49. The minimum atomic E-state index is 0.556. The van der Waals surface area contributed by atoms with E-state index in [1.807, 2.05) is 0 Å². The minimum absolute atomic E-state index is 0.556. The Labute approximate surface area is 130 Å². The Hall–Kier alpha value is -0.120. The lowest BCUT2D eigenvalue weighted by atomic mass is 9.73. The van der Waals surface area contributed by atoms with Crippen LogP contribution in [0.3, 0.4) is 0 Å². The smallest absolute Gasteiger partial charge is 0.0469 e. The van der Waals surface area contributed by atoms with Crippen molar-refractivity contribution in [2.24, 2.45) is 11.3 Å². The summed E-state index contributed by atoms with van der Waals surface area (Å²) in [6, 6.07) is 0.851. The summed E-state index contributed by atoms with van der Waals surface area (Å²) >= 11 is 0. The highest BCUT2D eigenvalue weighted by Crippen LogP contribution is 2.37. The standard InChI is InChI=1S/C18H34N2O/c1-20(13-16-7-11-21-12-8-16)15-18(9-3-2-4-10-18)14-19-17-5-6-17/h16-17,19H,2-15H2,1H3. The van der Waals surface area contributed by atoms with Crippen molar-refractivity contribution < 1.29 is 4.74 Å². The van der Waals surface area contributed by atoms with Gasteiger partial charge in [-0.25, -0.2) is 0 Å². The Morgan fingerprint density at radius 2 is 1.76 bits per heavy atom. The summed E-state index contributed by atoms with van der Waals surface area (Å²) < 4.78 is 5.49. The van der Waals surface area contributed by atoms with E-state index in [0.29, 0.717) is 5.41 Å². The molecule has 0 aromatic carbocycles. The van der Waals surface area contributed by atoms with Gasteiger partial charge in [-0.2, -0.15) is 0 Å². The second-order valence-electron chi connectivity index (χ2n) is 7.97. The third-order valence-corrected chi connectivity index (χ3v) is 5.77. The van der Waals surface area contributed by atoms with Crippen LogP contribution in [-0.2, 0) is 4.74 Å². The van der Waals surface area contributed by atoms with E-state index in [0.717, 1.165) is 25.2 Å². The fourth-order valence-electron chi connectivity index (χ4n) is 4.35. The average Bonchev–Trinajstić information content (AvgIpc) is 3.31. The molecule has 2 saturated carbocycles. The van der Waals surface area contributed by atoms with Gasteiger partial charge < -0.3 is 15.0 Å². The van der Waals surface area contributed by atoms with Crippen LogP contribution in [0.4, 0.5) is 0 Å². The molecular weight excluding hydrogens is 260 g/mol. The molecule has 0 radical (unpaired) electrons. The maximum Gasteiger partial charge on any atom is 0.0469 e. The molecule has 1 saturated heterocycles. The summed E-state index contributed by atoms with van der Waals surface area (Å²) in [7, 11) is 2.35. The van der Waals surface area contributed by atoms with Gasteiger partial charge in [-0.15, -0.1) is 0 Å². The van der Waals surface area contributed by atoms with Gasteiger partial charge in [0.1, 0.15) is 0 Å². The summed E-state index contributed by atoms with van der Waals surface area (Å²) in [5, 5.41) is 3.83. The van der Waals surface area contributed by atoms with Gasteiger partial charge in [0.25, 0.3) is 0 Å². The number of ether oxygens (including phenoxy) is 1. The third-order valence-electron chi connectivity index (χ3n) is 5.77. The molecule has 0 bridgehead atoms. The molecule has 3 heteroatoms. The topological polar surface area (TPSA) is 24.5 Å². The monoisotopic (exact) mass is 294 g/mol. The zero-order valence-corrected chi connectivity index (χ0v) is 13.9. The molecule has 1 heterocycles. The molecule has 0 aromatic heterocycles. The Bertz CT molecular complexity index is 304. The first kappa shape index (κ1) is 15.8. The number of nitrogens with one attached hydrogen (secondary N) is 1. The fourth-order valence-corrected chi connectivity index (χ4v) is 4.35. The first-order chi connectivity index (χ1) is 10.3. The van der Waals surface area contributed by atoms with E-state index in [2.05, 4.69) is 17.3 Å². The largest absolute Gasteiger partial charge is 0.381 e. The molecule has 0 aromatic rings. The van der Waals surface area contributed by atoms with Crippen molar-refractivity contribution >= 4 is 0 Å². The SMILES string of the molecule is CN(CC1CCOCC1)CC1(CNC2CC2)CCCCC1. The van der Waals surface area contributed by atoms with Gasteiger partial charge in [0.2, 0.25) is 0 Å². The molecule has 0 unspecified atom stereocenters. The second-order valence-corrected chi connectivity index (χ2v) is 7.97. The Morgan fingerprint density at radius 3 is 2.43 bits per heavy atom. The van der Waals surface area contributed by atoms with Crippen molar-refractivity contribution in [1.82, 2.24) is 10.2 Å². The van der Waals surface area contributed by atoms with Gasteiger partial charge in [-0.3, -0.25) is 0 Å². The molecule has 1 aliphatic heterocycles. The van der Waals surface area contributed by atoms with Crippen LogP contribution in [0.1, 0.15) is 57.8 Å². The summed E-state index contributed by atoms with van der Waals surface area (Å²) in [6.45, 7) is 5.79. The molecule has 0 atom stereocenters. The van der Waals surface area contributed by atoms with Crippen LogP contribution in [0, 0.1) is 11.3 Å². The minimum Gasteiger partial charge on any atom is -0.381 e. The van der Waals surface area contributed by atoms with Gasteiger partial charge in [0.05, 0.1) is 0 Å². The zero-order valence-electron chi connectivity index (χ0n) is 13.9. The fraction of sp³-hybridized carbons (Fsp3) is 1.00. The first-order valence-electron chi connectivity index (χ1n) is 9.25. The Balaban J connectivity index is 1.49. The van der Waals surface area contributed by atoms with Crippen LogP contribution in [0.2, 0.25) is 0 Å². The third kappa shape index (κ3) is 4.94. The van der Waals surface area contributed by atoms with Crippen molar-refractivity contribution in [2.45, 2.75) is 63.8 Å².